The van der Waals surface area contributed by atoms with Crippen molar-refractivity contribution in [2.45, 2.75) is 27.3 Å². The first-order valence-corrected chi connectivity index (χ1v) is 6.19. The van der Waals surface area contributed by atoms with Crippen LogP contribution >= 0.6 is 11.6 Å². The minimum Gasteiger partial charge on any atom is -0.401 e. The molecule has 1 aromatic rings. The molecule has 0 aliphatic heterocycles. The van der Waals surface area contributed by atoms with Gasteiger partial charge in [-0.15, -0.1) is 0 Å². The van der Waals surface area contributed by atoms with Crippen LogP contribution in [0.3, 0.4) is 0 Å². The third-order valence-electron chi connectivity index (χ3n) is 2.53. The summed E-state index contributed by atoms with van der Waals surface area (Å²) in [6.45, 7) is 6.62. The van der Waals surface area contributed by atoms with Gasteiger partial charge in [0.25, 0.3) is 0 Å². The van der Waals surface area contributed by atoms with Crippen LogP contribution in [0.25, 0.3) is 0 Å². The van der Waals surface area contributed by atoms with Crippen molar-refractivity contribution < 1.29 is 0 Å². The maximum Gasteiger partial charge on any atom is 0.120 e. The van der Waals surface area contributed by atoms with E-state index >= 15 is 0 Å². The number of hydrogen-bond acceptors (Lipinski definition) is 2. The third-order valence-corrected chi connectivity index (χ3v) is 2.78. The van der Waals surface area contributed by atoms with E-state index < -0.39 is 0 Å². The number of hydrogen-bond donors (Lipinski definition) is 2. The molecule has 0 saturated heterocycles. The Balaban J connectivity index is 2.71. The molecule has 1 aromatic carbocycles. The van der Waals surface area contributed by atoms with E-state index in [2.05, 4.69) is 4.99 Å². The second-order valence-electron chi connectivity index (χ2n) is 5.22. The third kappa shape index (κ3) is 4.80. The summed E-state index contributed by atoms with van der Waals surface area (Å²) in [6.07, 6.45) is 1.72. The number of benzene rings is 1. The van der Waals surface area contributed by atoms with Crippen LogP contribution in [0.2, 0.25) is 5.02 Å². The molecule has 98 valence electrons. The van der Waals surface area contributed by atoms with Gasteiger partial charge in [0.1, 0.15) is 5.84 Å². The Bertz CT molecular complexity index is 453. The molecule has 0 bridgehead atoms. The summed E-state index contributed by atoms with van der Waals surface area (Å²) in [6, 6.07) is 7.52. The highest BCUT2D eigenvalue weighted by molar-refractivity contribution is 6.30. The predicted molar refractivity (Wildman–Crippen MR) is 78.5 cm³/mol. The van der Waals surface area contributed by atoms with Crippen LogP contribution < -0.4 is 11.5 Å². The van der Waals surface area contributed by atoms with Crippen molar-refractivity contribution in [2.75, 3.05) is 0 Å². The van der Waals surface area contributed by atoms with Crippen LogP contribution in [0.1, 0.15) is 26.3 Å². The molecule has 0 saturated carbocycles. The number of nitrogens with zero attached hydrogens (tertiary/aromatic N) is 1. The molecule has 1 rings (SSSR count). The van der Waals surface area contributed by atoms with E-state index in [1.54, 1.807) is 6.08 Å². The fraction of sp³-hybridized carbons (Fsp3) is 0.357. The summed E-state index contributed by atoms with van der Waals surface area (Å²) < 4.78 is 0. The molecule has 0 unspecified atom stereocenters. The van der Waals surface area contributed by atoms with Gasteiger partial charge in [0.05, 0.1) is 6.54 Å². The highest BCUT2D eigenvalue weighted by Gasteiger charge is 2.13. The van der Waals surface area contributed by atoms with Gasteiger partial charge in [-0.25, -0.2) is 0 Å². The molecular formula is C14H20ClN3. The van der Waals surface area contributed by atoms with Crippen molar-refractivity contribution >= 4 is 17.4 Å². The first-order valence-electron chi connectivity index (χ1n) is 5.81. The van der Waals surface area contributed by atoms with Crippen LogP contribution in [0.5, 0.6) is 0 Å². The minimum atomic E-state index is -0.0968. The lowest BCUT2D eigenvalue weighted by Crippen LogP contribution is -2.21. The normalized spacial score (nSPS) is 13.8. The van der Waals surface area contributed by atoms with E-state index in [1.165, 1.54) is 0 Å². The van der Waals surface area contributed by atoms with Crippen LogP contribution in [-0.2, 0) is 6.54 Å². The van der Waals surface area contributed by atoms with E-state index in [-0.39, 0.29) is 5.41 Å². The summed E-state index contributed by atoms with van der Waals surface area (Å²) in [5, 5.41) is 0.715. The molecular weight excluding hydrogens is 246 g/mol. The van der Waals surface area contributed by atoms with Crippen molar-refractivity contribution in [1.29, 1.82) is 0 Å². The molecule has 0 atom stereocenters. The zero-order valence-electron chi connectivity index (χ0n) is 11.1. The van der Waals surface area contributed by atoms with Gasteiger partial charge in [0, 0.05) is 16.1 Å². The van der Waals surface area contributed by atoms with E-state index in [0.717, 1.165) is 11.3 Å². The zero-order chi connectivity index (χ0) is 13.8. The predicted octanol–water partition coefficient (Wildman–Crippen LogP) is 3.09. The smallest absolute Gasteiger partial charge is 0.120 e. The number of rotatable bonds is 3. The highest BCUT2D eigenvalue weighted by Crippen LogP contribution is 2.20. The maximum atomic E-state index is 5.92. The van der Waals surface area contributed by atoms with Gasteiger partial charge in [0.2, 0.25) is 0 Å². The first-order chi connectivity index (χ1) is 8.29. The van der Waals surface area contributed by atoms with E-state index in [1.807, 2.05) is 45.0 Å². The number of halogens is 1. The second-order valence-corrected chi connectivity index (χ2v) is 5.65. The van der Waals surface area contributed by atoms with Gasteiger partial charge in [-0.1, -0.05) is 44.5 Å². The van der Waals surface area contributed by atoms with Crippen molar-refractivity contribution in [1.82, 2.24) is 0 Å². The van der Waals surface area contributed by atoms with Gasteiger partial charge in [-0.3, -0.25) is 4.99 Å². The van der Waals surface area contributed by atoms with E-state index in [4.69, 9.17) is 23.1 Å². The summed E-state index contributed by atoms with van der Waals surface area (Å²) in [4.78, 5) is 4.27. The zero-order valence-corrected chi connectivity index (χ0v) is 11.8. The Morgan fingerprint density at radius 1 is 1.22 bits per heavy atom. The topological polar surface area (TPSA) is 64.4 Å². The SMILES string of the molecule is CC(C)(C)/C(N)=C/C(N)=NCc1ccc(Cl)cc1. The van der Waals surface area contributed by atoms with Crippen LogP contribution in [0.15, 0.2) is 41.0 Å². The van der Waals surface area contributed by atoms with E-state index in [0.29, 0.717) is 17.4 Å². The summed E-state index contributed by atoms with van der Waals surface area (Å²) in [7, 11) is 0. The number of allylic oxidation sites excluding steroid dienone is 1. The van der Waals surface area contributed by atoms with Crippen molar-refractivity contribution in [3.8, 4) is 0 Å². The van der Waals surface area contributed by atoms with Crippen LogP contribution in [0.4, 0.5) is 0 Å². The molecule has 4 N–H and O–H groups in total. The lowest BCUT2D eigenvalue weighted by atomic mass is 9.92. The lowest BCUT2D eigenvalue weighted by molar-refractivity contribution is 0.498. The number of aliphatic imine (C=N–C) groups is 1. The molecule has 0 aliphatic rings. The molecule has 4 heteroatoms. The molecule has 3 nitrogen and oxygen atoms in total. The summed E-state index contributed by atoms with van der Waals surface area (Å²) >= 11 is 5.81. The van der Waals surface area contributed by atoms with Crippen molar-refractivity contribution in [3.63, 3.8) is 0 Å². The molecule has 0 amide bonds. The second kappa shape index (κ2) is 5.91. The fourth-order valence-corrected chi connectivity index (χ4v) is 1.32. The molecule has 0 heterocycles. The molecule has 0 spiro atoms. The standard InChI is InChI=1S/C14H20ClN3/c1-14(2,3)12(16)8-13(17)18-9-10-4-6-11(15)7-5-10/h4-8H,9,16H2,1-3H3,(H2,17,18)/b12-8-. The molecule has 0 fully saturated rings. The van der Waals surface area contributed by atoms with Gasteiger partial charge >= 0.3 is 0 Å². The Kier molecular flexibility index (Phi) is 4.79. The van der Waals surface area contributed by atoms with Crippen LogP contribution in [-0.4, -0.2) is 5.84 Å². The Morgan fingerprint density at radius 3 is 2.28 bits per heavy atom. The quantitative estimate of drug-likeness (QED) is 0.652. The van der Waals surface area contributed by atoms with Gasteiger partial charge in [0.15, 0.2) is 0 Å². The molecule has 0 radical (unpaired) electrons. The Morgan fingerprint density at radius 2 is 1.78 bits per heavy atom. The number of amidine groups is 1. The average molecular weight is 266 g/mol. The average Bonchev–Trinajstić information content (AvgIpc) is 2.27. The monoisotopic (exact) mass is 265 g/mol. The molecule has 0 aromatic heterocycles. The van der Waals surface area contributed by atoms with Crippen LogP contribution in [0, 0.1) is 5.41 Å². The van der Waals surface area contributed by atoms with Gasteiger partial charge in [-0.05, 0) is 23.8 Å². The first kappa shape index (κ1) is 14.6. The molecule has 18 heavy (non-hydrogen) atoms. The van der Waals surface area contributed by atoms with Crippen molar-refractivity contribution in [3.05, 3.63) is 46.6 Å². The maximum absolute atomic E-state index is 5.92. The molecule has 0 aliphatic carbocycles. The number of nitrogens with two attached hydrogens (primary N) is 2. The lowest BCUT2D eigenvalue weighted by Gasteiger charge is -2.18. The Hall–Kier alpha value is -1.48. The van der Waals surface area contributed by atoms with E-state index in [9.17, 15) is 0 Å². The van der Waals surface area contributed by atoms with Gasteiger partial charge in [-0.2, -0.15) is 0 Å². The Labute approximate surface area is 114 Å². The fourth-order valence-electron chi connectivity index (χ4n) is 1.19. The van der Waals surface area contributed by atoms with Crippen molar-refractivity contribution in [2.24, 2.45) is 21.9 Å². The minimum absolute atomic E-state index is 0.0968. The highest BCUT2D eigenvalue weighted by atomic mass is 35.5. The van der Waals surface area contributed by atoms with Gasteiger partial charge < -0.3 is 11.5 Å². The summed E-state index contributed by atoms with van der Waals surface area (Å²) in [5.41, 5.74) is 13.4. The summed E-state index contributed by atoms with van der Waals surface area (Å²) in [5.74, 6) is 0.442. The largest absolute Gasteiger partial charge is 0.401 e.